The van der Waals surface area contributed by atoms with Gasteiger partial charge in [0.25, 0.3) is 0 Å². The molecule has 5 heteroatoms. The number of thiophene rings is 1. The van der Waals surface area contributed by atoms with Crippen molar-refractivity contribution in [1.29, 1.82) is 0 Å². The highest BCUT2D eigenvalue weighted by molar-refractivity contribution is 7.16. The molecule has 1 saturated carbocycles. The molecule has 0 amide bonds. The van der Waals surface area contributed by atoms with E-state index in [-0.39, 0.29) is 0 Å². The highest BCUT2D eigenvalue weighted by atomic mass is 32.1. The first-order valence-electron chi connectivity index (χ1n) is 6.45. The van der Waals surface area contributed by atoms with Gasteiger partial charge in [-0.3, -0.25) is 5.10 Å². The second-order valence-corrected chi connectivity index (χ2v) is 6.30. The molecule has 2 aromatic heterocycles. The molecule has 0 bridgehead atoms. The van der Waals surface area contributed by atoms with Gasteiger partial charge in [0.1, 0.15) is 5.82 Å². The Kier molecular flexibility index (Phi) is 2.86. The summed E-state index contributed by atoms with van der Waals surface area (Å²) in [5, 5.41) is 8.28. The lowest BCUT2D eigenvalue weighted by molar-refractivity contribution is 0.672. The van der Waals surface area contributed by atoms with Crippen LogP contribution in [0.15, 0.2) is 0 Å². The third kappa shape index (κ3) is 1.82. The number of nitrogens with one attached hydrogen (secondary N) is 1. The minimum atomic E-state index is 0.563. The van der Waals surface area contributed by atoms with Gasteiger partial charge in [0.05, 0.1) is 10.6 Å². The Hall–Kier alpha value is -1.36. The van der Waals surface area contributed by atoms with E-state index in [9.17, 15) is 0 Å². The molecule has 1 aliphatic carbocycles. The van der Waals surface area contributed by atoms with Gasteiger partial charge in [-0.25, -0.2) is 4.98 Å². The van der Waals surface area contributed by atoms with Crippen LogP contribution in [0.25, 0.3) is 11.4 Å². The van der Waals surface area contributed by atoms with Gasteiger partial charge < -0.3 is 5.73 Å². The fourth-order valence-corrected chi connectivity index (χ4v) is 3.63. The quantitative estimate of drug-likeness (QED) is 0.871. The Morgan fingerprint density at radius 2 is 2.00 bits per heavy atom. The Morgan fingerprint density at radius 3 is 2.61 bits per heavy atom. The highest BCUT2D eigenvalue weighted by Crippen LogP contribution is 2.38. The number of rotatable bonds is 2. The molecule has 0 saturated heterocycles. The minimum absolute atomic E-state index is 0.563. The average molecular weight is 262 g/mol. The highest BCUT2D eigenvalue weighted by Gasteiger charge is 2.22. The molecule has 96 valence electrons. The molecule has 0 unspecified atom stereocenters. The Balaban J connectivity index is 1.97. The number of aromatic amines is 1. The number of hydrogen-bond donors (Lipinski definition) is 2. The lowest BCUT2D eigenvalue weighted by Gasteiger charge is -2.02. The predicted octanol–water partition coefficient (Wildman–Crippen LogP) is 3.39. The zero-order valence-corrected chi connectivity index (χ0v) is 11.6. The van der Waals surface area contributed by atoms with E-state index >= 15 is 0 Å². The maximum atomic E-state index is 6.06. The van der Waals surface area contributed by atoms with Gasteiger partial charge in [0, 0.05) is 10.8 Å². The molecule has 2 heterocycles. The van der Waals surface area contributed by atoms with Gasteiger partial charge in [-0.1, -0.05) is 12.8 Å². The van der Waals surface area contributed by atoms with Crippen LogP contribution < -0.4 is 5.73 Å². The van der Waals surface area contributed by atoms with Crippen molar-refractivity contribution < 1.29 is 0 Å². The smallest absolute Gasteiger partial charge is 0.184 e. The van der Waals surface area contributed by atoms with Gasteiger partial charge in [-0.05, 0) is 32.3 Å². The molecule has 4 nitrogen and oxygen atoms in total. The maximum absolute atomic E-state index is 6.06. The third-order valence-electron chi connectivity index (χ3n) is 3.88. The van der Waals surface area contributed by atoms with Crippen molar-refractivity contribution in [1.82, 2.24) is 15.2 Å². The molecule has 0 atom stereocenters. The topological polar surface area (TPSA) is 67.6 Å². The number of anilines is 1. The average Bonchev–Trinajstić information content (AvgIpc) is 3.01. The summed E-state index contributed by atoms with van der Waals surface area (Å²) in [7, 11) is 0. The van der Waals surface area contributed by atoms with Crippen molar-refractivity contribution in [3.8, 4) is 11.4 Å². The van der Waals surface area contributed by atoms with E-state index < -0.39 is 0 Å². The normalized spacial score (nSPS) is 16.6. The van der Waals surface area contributed by atoms with Gasteiger partial charge in [-0.2, -0.15) is 5.10 Å². The van der Waals surface area contributed by atoms with Gasteiger partial charge in [0.2, 0.25) is 0 Å². The van der Waals surface area contributed by atoms with E-state index in [0.29, 0.717) is 5.92 Å². The lowest BCUT2D eigenvalue weighted by Crippen LogP contribution is -1.95. The van der Waals surface area contributed by atoms with Crippen molar-refractivity contribution in [2.45, 2.75) is 45.4 Å². The molecule has 1 fully saturated rings. The van der Waals surface area contributed by atoms with Crippen LogP contribution in [0, 0.1) is 13.8 Å². The summed E-state index contributed by atoms with van der Waals surface area (Å²) in [6.07, 6.45) is 5.07. The third-order valence-corrected chi connectivity index (χ3v) is 4.92. The van der Waals surface area contributed by atoms with Crippen LogP contribution in [-0.4, -0.2) is 15.2 Å². The fourth-order valence-electron chi connectivity index (χ4n) is 2.70. The number of H-pyrrole nitrogens is 1. The van der Waals surface area contributed by atoms with Crippen LogP contribution in [0.4, 0.5) is 5.00 Å². The molecule has 0 radical (unpaired) electrons. The van der Waals surface area contributed by atoms with E-state index in [0.717, 1.165) is 22.2 Å². The van der Waals surface area contributed by atoms with Gasteiger partial charge in [0.15, 0.2) is 5.82 Å². The SMILES string of the molecule is Cc1sc(N)c(-c2n[nH]c(C3CCCC3)n2)c1C. The van der Waals surface area contributed by atoms with Crippen molar-refractivity contribution in [2.24, 2.45) is 0 Å². The molecule has 2 aromatic rings. The molecule has 0 aromatic carbocycles. The van der Waals surface area contributed by atoms with E-state index in [1.54, 1.807) is 11.3 Å². The lowest BCUT2D eigenvalue weighted by atomic mass is 10.1. The summed E-state index contributed by atoms with van der Waals surface area (Å²) in [6, 6.07) is 0. The van der Waals surface area contributed by atoms with Crippen molar-refractivity contribution >= 4 is 16.3 Å². The molecule has 0 spiro atoms. The number of aromatic nitrogens is 3. The van der Waals surface area contributed by atoms with E-state index in [1.807, 2.05) is 0 Å². The van der Waals surface area contributed by atoms with Crippen LogP contribution in [-0.2, 0) is 0 Å². The zero-order chi connectivity index (χ0) is 12.7. The fraction of sp³-hybridized carbons (Fsp3) is 0.538. The molecule has 0 aliphatic heterocycles. The number of aryl methyl sites for hydroxylation is 1. The predicted molar refractivity (Wildman–Crippen MR) is 74.8 cm³/mol. The minimum Gasteiger partial charge on any atom is -0.390 e. The van der Waals surface area contributed by atoms with Crippen molar-refractivity contribution in [3.63, 3.8) is 0 Å². The Labute approximate surface area is 111 Å². The summed E-state index contributed by atoms with van der Waals surface area (Å²) in [6.45, 7) is 4.17. The van der Waals surface area contributed by atoms with Gasteiger partial charge >= 0.3 is 0 Å². The summed E-state index contributed by atoms with van der Waals surface area (Å²) in [5.41, 5.74) is 8.28. The van der Waals surface area contributed by atoms with Crippen molar-refractivity contribution in [3.05, 3.63) is 16.3 Å². The van der Waals surface area contributed by atoms with E-state index in [2.05, 4.69) is 29.0 Å². The zero-order valence-electron chi connectivity index (χ0n) is 10.8. The number of nitrogens with two attached hydrogens (primary N) is 1. The first kappa shape index (κ1) is 11.7. The molecular weight excluding hydrogens is 244 g/mol. The number of nitrogen functional groups attached to an aromatic ring is 1. The molecule has 3 N–H and O–H groups in total. The molecule has 18 heavy (non-hydrogen) atoms. The van der Waals surface area contributed by atoms with E-state index in [1.165, 1.54) is 36.1 Å². The van der Waals surface area contributed by atoms with Crippen LogP contribution in [0.5, 0.6) is 0 Å². The Bertz CT molecular complexity index is 564. The van der Waals surface area contributed by atoms with Crippen LogP contribution >= 0.6 is 11.3 Å². The number of nitrogens with zero attached hydrogens (tertiary/aromatic N) is 2. The summed E-state index contributed by atoms with van der Waals surface area (Å²) < 4.78 is 0. The first-order chi connectivity index (χ1) is 8.66. The second-order valence-electron chi connectivity index (χ2n) is 5.05. The largest absolute Gasteiger partial charge is 0.390 e. The summed E-state index contributed by atoms with van der Waals surface area (Å²) >= 11 is 1.62. The second kappa shape index (κ2) is 4.39. The monoisotopic (exact) mass is 262 g/mol. The standard InChI is InChI=1S/C13H18N4S/c1-7-8(2)18-11(14)10(7)13-15-12(16-17-13)9-5-3-4-6-9/h9H,3-6,14H2,1-2H3,(H,15,16,17). The van der Waals surface area contributed by atoms with Crippen LogP contribution in [0.2, 0.25) is 0 Å². The van der Waals surface area contributed by atoms with Gasteiger partial charge in [-0.15, -0.1) is 11.3 Å². The summed E-state index contributed by atoms with van der Waals surface area (Å²) in [4.78, 5) is 5.90. The van der Waals surface area contributed by atoms with Crippen molar-refractivity contribution in [2.75, 3.05) is 5.73 Å². The van der Waals surface area contributed by atoms with Crippen LogP contribution in [0.3, 0.4) is 0 Å². The summed E-state index contributed by atoms with van der Waals surface area (Å²) in [5.74, 6) is 2.36. The molecule has 1 aliphatic rings. The van der Waals surface area contributed by atoms with E-state index in [4.69, 9.17) is 5.73 Å². The molecule has 3 rings (SSSR count). The first-order valence-corrected chi connectivity index (χ1v) is 7.26. The molecular formula is C13H18N4S. The maximum Gasteiger partial charge on any atom is 0.184 e. The Morgan fingerprint density at radius 1 is 1.28 bits per heavy atom. The number of hydrogen-bond acceptors (Lipinski definition) is 4. The van der Waals surface area contributed by atoms with Crippen LogP contribution in [0.1, 0.15) is 47.9 Å².